The molecule has 0 radical (unpaired) electrons. The first-order valence-corrected chi connectivity index (χ1v) is 13.5. The molecule has 0 aliphatic rings. The van der Waals surface area contributed by atoms with Gasteiger partial charge in [-0.3, -0.25) is 0 Å². The van der Waals surface area contributed by atoms with Gasteiger partial charge in [0.15, 0.2) is 7.14 Å². The van der Waals surface area contributed by atoms with Crippen molar-refractivity contribution in [1.29, 1.82) is 0 Å². The molecule has 0 amide bonds. The van der Waals surface area contributed by atoms with Gasteiger partial charge in [-0.25, -0.2) is 8.57 Å². The molecule has 0 aromatic heterocycles. The Hall–Kier alpha value is -2.69. The quantitative estimate of drug-likeness (QED) is 0.203. The van der Waals surface area contributed by atoms with Gasteiger partial charge in [0.2, 0.25) is 0 Å². The summed E-state index contributed by atoms with van der Waals surface area (Å²) in [5.41, 5.74) is -1.80. The molecule has 36 heavy (non-hydrogen) atoms. The zero-order valence-corrected chi connectivity index (χ0v) is 19.8. The largest absolute Gasteiger partial charge is 0.425 e. The molecule has 0 spiro atoms. The predicted octanol–water partition coefficient (Wildman–Crippen LogP) is 5.72. The fraction of sp³-hybridized carbons (Fsp3) is 0.217. The molecule has 0 saturated carbocycles. The van der Waals surface area contributed by atoms with E-state index in [0.717, 1.165) is 24.3 Å². The first kappa shape index (κ1) is 27.9. The summed E-state index contributed by atoms with van der Waals surface area (Å²) in [6, 6.07) is 18.6. The maximum Gasteiger partial charge on any atom is 0.425 e. The van der Waals surface area contributed by atoms with Crippen molar-refractivity contribution in [2.24, 2.45) is 0 Å². The second kappa shape index (κ2) is 10.4. The molecule has 0 N–H and O–H groups in total. The van der Waals surface area contributed by atoms with E-state index in [4.69, 9.17) is 0 Å². The maximum absolute atomic E-state index is 14.7. The zero-order valence-electron chi connectivity index (χ0n) is 18.1. The van der Waals surface area contributed by atoms with E-state index in [2.05, 4.69) is 4.18 Å². The molecule has 194 valence electrons. The summed E-state index contributed by atoms with van der Waals surface area (Å²) in [5.74, 6) is -2.26. The van der Waals surface area contributed by atoms with Crippen molar-refractivity contribution in [3.8, 4) is 0 Å². The fourth-order valence-corrected chi connectivity index (χ4v) is 8.97. The summed E-state index contributed by atoms with van der Waals surface area (Å²) >= 11 is 0. The Morgan fingerprint density at radius 3 is 1.53 bits per heavy atom. The van der Waals surface area contributed by atoms with E-state index in [1.807, 2.05) is 0 Å². The van der Waals surface area contributed by atoms with Crippen molar-refractivity contribution in [2.45, 2.75) is 24.1 Å². The molecule has 0 unspecified atom stereocenters. The van der Waals surface area contributed by atoms with E-state index < -0.39 is 52.9 Å². The molecule has 3 aromatic rings. The van der Waals surface area contributed by atoms with Gasteiger partial charge in [-0.1, -0.05) is 72.8 Å². The summed E-state index contributed by atoms with van der Waals surface area (Å²) < 4.78 is 135. The molecule has 1 atom stereocenters. The van der Waals surface area contributed by atoms with E-state index in [-0.39, 0.29) is 16.2 Å². The summed E-state index contributed by atoms with van der Waals surface area (Å²) in [5, 5.41) is 0.174. The van der Waals surface area contributed by atoms with Crippen LogP contribution in [-0.4, -0.2) is 32.6 Å². The zero-order chi connectivity index (χ0) is 26.8. The SMILES string of the molecule is O=P(c1ccccc1)(c1ccccc1)[C@@H](CS(=O)(=O)OC(C(F)(F)F)C(F)(F)F)c1ccc(F)cc1. The van der Waals surface area contributed by atoms with Gasteiger partial charge < -0.3 is 4.57 Å². The molecule has 13 heteroatoms. The van der Waals surface area contributed by atoms with Gasteiger partial charge in [-0.15, -0.1) is 0 Å². The summed E-state index contributed by atoms with van der Waals surface area (Å²) in [6.07, 6.45) is -16.8. The normalized spacial score (nSPS) is 14.1. The van der Waals surface area contributed by atoms with Crippen LogP contribution in [-0.2, 0) is 18.9 Å². The highest BCUT2D eigenvalue weighted by molar-refractivity contribution is 7.88. The van der Waals surface area contributed by atoms with Crippen LogP contribution in [0.4, 0.5) is 30.7 Å². The molecule has 0 heterocycles. The second-order valence-electron chi connectivity index (χ2n) is 7.68. The minimum Gasteiger partial charge on any atom is -0.313 e. The Kier molecular flexibility index (Phi) is 8.02. The van der Waals surface area contributed by atoms with Gasteiger partial charge in [0.05, 0.1) is 11.4 Å². The molecule has 3 rings (SSSR count). The number of hydrogen-bond donors (Lipinski definition) is 0. The van der Waals surface area contributed by atoms with E-state index >= 15 is 0 Å². The first-order valence-electron chi connectivity index (χ1n) is 10.2. The van der Waals surface area contributed by atoms with Crippen molar-refractivity contribution >= 4 is 27.9 Å². The topological polar surface area (TPSA) is 60.4 Å². The molecular weight excluding hydrogens is 536 g/mol. The fourth-order valence-electron chi connectivity index (χ4n) is 3.58. The van der Waals surface area contributed by atoms with Crippen molar-refractivity contribution in [2.75, 3.05) is 5.75 Å². The molecule has 0 aliphatic carbocycles. The van der Waals surface area contributed by atoms with Crippen molar-refractivity contribution in [1.82, 2.24) is 0 Å². The molecule has 3 aromatic carbocycles. The van der Waals surface area contributed by atoms with Gasteiger partial charge in [0.25, 0.3) is 16.2 Å². The minimum absolute atomic E-state index is 0.0870. The monoisotopic (exact) mass is 554 g/mol. The van der Waals surface area contributed by atoms with Crippen LogP contribution in [0.3, 0.4) is 0 Å². The van der Waals surface area contributed by atoms with Crippen LogP contribution in [0.2, 0.25) is 0 Å². The van der Waals surface area contributed by atoms with Crippen LogP contribution in [0.1, 0.15) is 11.2 Å². The first-order chi connectivity index (χ1) is 16.6. The molecular formula is C23H18F7O4PS. The lowest BCUT2D eigenvalue weighted by Crippen LogP contribution is -2.46. The van der Waals surface area contributed by atoms with Gasteiger partial charge in [-0.05, 0) is 17.7 Å². The average Bonchev–Trinajstić information content (AvgIpc) is 2.81. The van der Waals surface area contributed by atoms with Crippen LogP contribution in [0.25, 0.3) is 0 Å². The van der Waals surface area contributed by atoms with E-state index in [9.17, 15) is 43.7 Å². The van der Waals surface area contributed by atoms with E-state index in [0.29, 0.717) is 0 Å². The highest BCUT2D eigenvalue weighted by Gasteiger charge is 2.60. The Balaban J connectivity index is 2.20. The average molecular weight is 554 g/mol. The number of rotatable bonds is 8. The van der Waals surface area contributed by atoms with Crippen LogP contribution < -0.4 is 10.6 Å². The molecule has 0 bridgehead atoms. The van der Waals surface area contributed by atoms with Gasteiger partial charge in [0.1, 0.15) is 5.82 Å². The molecule has 4 nitrogen and oxygen atoms in total. The Morgan fingerprint density at radius 2 is 1.14 bits per heavy atom. The van der Waals surface area contributed by atoms with E-state index in [1.165, 1.54) is 48.5 Å². The number of benzene rings is 3. The van der Waals surface area contributed by atoms with Crippen LogP contribution in [0.15, 0.2) is 84.9 Å². The lowest BCUT2D eigenvalue weighted by atomic mass is 10.2. The number of hydrogen-bond acceptors (Lipinski definition) is 4. The van der Waals surface area contributed by atoms with Crippen molar-refractivity contribution in [3.05, 3.63) is 96.3 Å². The third-order valence-corrected chi connectivity index (χ3v) is 10.1. The van der Waals surface area contributed by atoms with Gasteiger partial charge in [-0.2, -0.15) is 34.8 Å². The number of alkyl halides is 6. The Morgan fingerprint density at radius 1 is 0.722 bits per heavy atom. The van der Waals surface area contributed by atoms with Crippen molar-refractivity contribution in [3.63, 3.8) is 0 Å². The summed E-state index contributed by atoms with van der Waals surface area (Å²) in [7, 11) is -9.75. The molecule has 0 aliphatic heterocycles. The van der Waals surface area contributed by atoms with Crippen molar-refractivity contribution < 1.29 is 47.9 Å². The third kappa shape index (κ3) is 6.35. The highest BCUT2D eigenvalue weighted by Crippen LogP contribution is 2.58. The lowest BCUT2D eigenvalue weighted by Gasteiger charge is -2.30. The third-order valence-electron chi connectivity index (χ3n) is 5.17. The predicted molar refractivity (Wildman–Crippen MR) is 120 cm³/mol. The Bertz CT molecular complexity index is 1250. The lowest BCUT2D eigenvalue weighted by molar-refractivity contribution is -0.299. The van der Waals surface area contributed by atoms with Gasteiger partial charge in [0, 0.05) is 10.6 Å². The van der Waals surface area contributed by atoms with E-state index in [1.54, 1.807) is 12.1 Å². The summed E-state index contributed by atoms with van der Waals surface area (Å²) in [4.78, 5) is 0. The van der Waals surface area contributed by atoms with Gasteiger partial charge >= 0.3 is 12.4 Å². The number of halogens is 7. The minimum atomic E-state index is -6.08. The van der Waals surface area contributed by atoms with Crippen LogP contribution in [0.5, 0.6) is 0 Å². The standard InChI is InChI=1S/C23H18F7O4PS/c24-17-13-11-16(12-14-17)20(15-36(32,33)34-21(22(25,26)27)23(28,29)30)35(31,18-7-3-1-4-8-18)19-9-5-2-6-10-19/h1-14,20-21H,15H2/t20-/m0/s1. The maximum atomic E-state index is 14.7. The summed E-state index contributed by atoms with van der Waals surface area (Å²) in [6.45, 7) is 0. The van der Waals surface area contributed by atoms with Crippen LogP contribution in [0, 0.1) is 5.82 Å². The Labute approximate surface area is 202 Å². The molecule has 0 fully saturated rings. The second-order valence-corrected chi connectivity index (χ2v) is 12.3. The molecule has 0 saturated heterocycles. The van der Waals surface area contributed by atoms with Crippen LogP contribution >= 0.6 is 7.14 Å². The highest BCUT2D eigenvalue weighted by atomic mass is 32.2. The smallest absolute Gasteiger partial charge is 0.313 e.